The van der Waals surface area contributed by atoms with Gasteiger partial charge >= 0.3 is 0 Å². The summed E-state index contributed by atoms with van der Waals surface area (Å²) in [5.41, 5.74) is 1.92. The van der Waals surface area contributed by atoms with Crippen LogP contribution in [-0.2, 0) is 9.59 Å². The van der Waals surface area contributed by atoms with Gasteiger partial charge in [-0.3, -0.25) is 14.8 Å². The molecule has 3 N–H and O–H groups in total. The van der Waals surface area contributed by atoms with E-state index >= 15 is 0 Å². The highest BCUT2D eigenvalue weighted by atomic mass is 19.1. The molecule has 6 nitrogen and oxygen atoms in total. The summed E-state index contributed by atoms with van der Waals surface area (Å²) in [6.07, 6.45) is 1.11. The molecule has 8 heteroatoms. The number of halogens is 2. The number of methoxy groups -OCH3 is 1. The smallest absolute Gasteiger partial charge is 0.271 e. The molecule has 0 bridgehead atoms. The fourth-order valence-electron chi connectivity index (χ4n) is 3.16. The number of nitrogens with one attached hydrogen (secondary N) is 2. The van der Waals surface area contributed by atoms with Gasteiger partial charge in [-0.25, -0.2) is 14.3 Å². The van der Waals surface area contributed by atoms with Crippen molar-refractivity contribution in [1.29, 1.82) is 0 Å². The Bertz CT molecular complexity index is 949. The van der Waals surface area contributed by atoms with Crippen molar-refractivity contribution in [3.8, 4) is 16.9 Å². The predicted molar refractivity (Wildman–Crippen MR) is 97.8 cm³/mol. The summed E-state index contributed by atoms with van der Waals surface area (Å²) in [7, 11) is 1.49. The zero-order valence-electron chi connectivity index (χ0n) is 15.0. The lowest BCUT2D eigenvalue weighted by Crippen LogP contribution is -2.24. The molecule has 1 aliphatic carbocycles. The standard InChI is InChI=1S/C20H18F2N2O4/c1-28-13-5-2-4-11(8-13)12-9-16(21)18(17(22)10-12)23-19(25)14-6-3-7-15(14)20(26)24-27/h2,4-5,8-10,27H,3,6-7H2,1H3,(H,23,25)(H,24,26). The molecule has 0 aliphatic heterocycles. The van der Waals surface area contributed by atoms with Crippen LogP contribution in [0.3, 0.4) is 0 Å². The van der Waals surface area contributed by atoms with Gasteiger partial charge in [-0.2, -0.15) is 0 Å². The highest BCUT2D eigenvalue weighted by molar-refractivity contribution is 6.10. The summed E-state index contributed by atoms with van der Waals surface area (Å²) in [5, 5.41) is 11.0. The van der Waals surface area contributed by atoms with E-state index in [0.717, 1.165) is 12.1 Å². The van der Waals surface area contributed by atoms with Crippen molar-refractivity contribution in [2.24, 2.45) is 0 Å². The van der Waals surface area contributed by atoms with Gasteiger partial charge in [0.15, 0.2) is 0 Å². The lowest BCUT2D eigenvalue weighted by Gasteiger charge is -2.12. The van der Waals surface area contributed by atoms with Gasteiger partial charge in [-0.15, -0.1) is 0 Å². The molecule has 146 valence electrons. The molecule has 1 aliphatic rings. The van der Waals surface area contributed by atoms with Gasteiger partial charge in [0.1, 0.15) is 23.1 Å². The Morgan fingerprint density at radius 3 is 2.25 bits per heavy atom. The Hall–Kier alpha value is -3.26. The topological polar surface area (TPSA) is 87.7 Å². The molecule has 2 amide bonds. The number of anilines is 1. The van der Waals surface area contributed by atoms with E-state index in [9.17, 15) is 18.4 Å². The largest absolute Gasteiger partial charge is 0.497 e. The summed E-state index contributed by atoms with van der Waals surface area (Å²) < 4.78 is 34.2. The molecule has 3 rings (SSSR count). The van der Waals surface area contributed by atoms with E-state index in [2.05, 4.69) is 5.32 Å². The number of amides is 2. The number of carbonyl (C=O) groups excluding carboxylic acids is 2. The molecule has 0 fully saturated rings. The van der Waals surface area contributed by atoms with Crippen molar-refractivity contribution >= 4 is 17.5 Å². The SMILES string of the molecule is COc1cccc(-c2cc(F)c(NC(=O)C3=C(C(=O)NO)CCC3)c(F)c2)c1. The molecule has 0 atom stereocenters. The zero-order valence-corrected chi connectivity index (χ0v) is 15.0. The van der Waals surface area contributed by atoms with Crippen LogP contribution in [0, 0.1) is 11.6 Å². The molecular weight excluding hydrogens is 370 g/mol. The van der Waals surface area contributed by atoms with Crippen molar-refractivity contribution in [1.82, 2.24) is 5.48 Å². The maximum Gasteiger partial charge on any atom is 0.271 e. The Morgan fingerprint density at radius 1 is 1.00 bits per heavy atom. The fourth-order valence-corrected chi connectivity index (χ4v) is 3.16. The molecule has 0 aromatic heterocycles. The number of carbonyl (C=O) groups is 2. The molecule has 0 spiro atoms. The first-order valence-electron chi connectivity index (χ1n) is 8.56. The molecular formula is C20H18F2N2O4. The van der Waals surface area contributed by atoms with E-state index < -0.39 is 29.1 Å². The number of rotatable bonds is 5. The van der Waals surface area contributed by atoms with Gasteiger partial charge < -0.3 is 10.1 Å². The van der Waals surface area contributed by atoms with Crippen LogP contribution in [0.2, 0.25) is 0 Å². The molecule has 2 aromatic carbocycles. The highest BCUT2D eigenvalue weighted by Gasteiger charge is 2.26. The van der Waals surface area contributed by atoms with Gasteiger partial charge in [-0.1, -0.05) is 12.1 Å². The molecule has 0 radical (unpaired) electrons. The second kappa shape index (κ2) is 8.18. The van der Waals surface area contributed by atoms with Crippen LogP contribution in [0.1, 0.15) is 19.3 Å². The van der Waals surface area contributed by atoms with E-state index in [1.807, 2.05) is 0 Å². The maximum atomic E-state index is 14.5. The van der Waals surface area contributed by atoms with E-state index in [1.54, 1.807) is 24.3 Å². The van der Waals surface area contributed by atoms with Crippen LogP contribution in [0.5, 0.6) is 5.75 Å². The van der Waals surface area contributed by atoms with Crippen molar-refractivity contribution < 1.29 is 28.3 Å². The Balaban J connectivity index is 1.89. The van der Waals surface area contributed by atoms with Crippen LogP contribution in [-0.4, -0.2) is 24.1 Å². The third kappa shape index (κ3) is 3.86. The van der Waals surface area contributed by atoms with Crippen molar-refractivity contribution in [2.75, 3.05) is 12.4 Å². The van der Waals surface area contributed by atoms with Gasteiger partial charge in [0.05, 0.1) is 7.11 Å². The lowest BCUT2D eigenvalue weighted by atomic mass is 10.0. The Kier molecular flexibility index (Phi) is 5.70. The first-order valence-corrected chi connectivity index (χ1v) is 8.56. The third-order valence-electron chi connectivity index (χ3n) is 4.55. The van der Waals surface area contributed by atoms with Crippen LogP contribution in [0.4, 0.5) is 14.5 Å². The Morgan fingerprint density at radius 2 is 1.64 bits per heavy atom. The average molecular weight is 388 g/mol. The van der Waals surface area contributed by atoms with Crippen molar-refractivity contribution in [2.45, 2.75) is 19.3 Å². The second-order valence-corrected chi connectivity index (χ2v) is 6.25. The van der Waals surface area contributed by atoms with E-state index in [1.165, 1.54) is 12.6 Å². The maximum absolute atomic E-state index is 14.5. The van der Waals surface area contributed by atoms with E-state index in [-0.39, 0.29) is 23.1 Å². The number of hydroxylamine groups is 1. The summed E-state index contributed by atoms with van der Waals surface area (Å²) in [6.45, 7) is 0. The number of hydrogen-bond donors (Lipinski definition) is 3. The van der Waals surface area contributed by atoms with Crippen molar-refractivity contribution in [3.05, 3.63) is 59.2 Å². The van der Waals surface area contributed by atoms with Gasteiger partial charge in [0.2, 0.25) is 0 Å². The highest BCUT2D eigenvalue weighted by Crippen LogP contribution is 2.31. The lowest BCUT2D eigenvalue weighted by molar-refractivity contribution is -0.125. The number of benzene rings is 2. The van der Waals surface area contributed by atoms with Gasteiger partial charge in [-0.05, 0) is 54.7 Å². The molecule has 28 heavy (non-hydrogen) atoms. The second-order valence-electron chi connectivity index (χ2n) is 6.25. The average Bonchev–Trinajstić information content (AvgIpc) is 3.20. The quantitative estimate of drug-likeness (QED) is 0.540. The van der Waals surface area contributed by atoms with Crippen LogP contribution in [0.15, 0.2) is 47.5 Å². The van der Waals surface area contributed by atoms with Gasteiger partial charge in [0.25, 0.3) is 11.8 Å². The molecule has 2 aromatic rings. The minimum absolute atomic E-state index is 0.0993. The Labute approximate surface area is 159 Å². The van der Waals surface area contributed by atoms with Crippen LogP contribution < -0.4 is 15.5 Å². The van der Waals surface area contributed by atoms with Crippen LogP contribution in [0.25, 0.3) is 11.1 Å². The normalized spacial score (nSPS) is 13.4. The summed E-state index contributed by atoms with van der Waals surface area (Å²) >= 11 is 0. The monoisotopic (exact) mass is 388 g/mol. The predicted octanol–water partition coefficient (Wildman–Crippen LogP) is 3.56. The summed E-state index contributed by atoms with van der Waals surface area (Å²) in [4.78, 5) is 24.0. The first-order chi connectivity index (χ1) is 13.4. The van der Waals surface area contributed by atoms with Gasteiger partial charge in [0, 0.05) is 11.1 Å². The van der Waals surface area contributed by atoms with Crippen molar-refractivity contribution in [3.63, 3.8) is 0 Å². The third-order valence-corrected chi connectivity index (χ3v) is 4.55. The first kappa shape index (κ1) is 19.5. The van der Waals surface area contributed by atoms with E-state index in [4.69, 9.17) is 9.94 Å². The zero-order chi connectivity index (χ0) is 20.3. The molecule has 0 saturated carbocycles. The summed E-state index contributed by atoms with van der Waals surface area (Å²) in [6, 6.07) is 8.93. The molecule has 0 unspecified atom stereocenters. The molecule has 0 heterocycles. The van der Waals surface area contributed by atoms with Crippen LogP contribution >= 0.6 is 0 Å². The van der Waals surface area contributed by atoms with E-state index in [0.29, 0.717) is 24.2 Å². The number of hydrogen-bond acceptors (Lipinski definition) is 4. The minimum atomic E-state index is -0.946. The molecule has 0 saturated heterocycles. The fraction of sp³-hybridized carbons (Fsp3) is 0.200. The summed E-state index contributed by atoms with van der Waals surface area (Å²) in [5.74, 6) is -2.92. The minimum Gasteiger partial charge on any atom is -0.497 e. The number of ether oxygens (including phenoxy) is 1.